The Hall–Kier alpha value is -3.35. The third-order valence-electron chi connectivity index (χ3n) is 4.67. The van der Waals surface area contributed by atoms with E-state index in [4.69, 9.17) is 14.2 Å². The highest BCUT2D eigenvalue weighted by molar-refractivity contribution is 5.84. The molecule has 4 rings (SSSR count). The molecule has 0 radical (unpaired) electrons. The van der Waals surface area contributed by atoms with Gasteiger partial charge in [-0.2, -0.15) is 4.98 Å². The first-order chi connectivity index (χ1) is 13.7. The fourth-order valence-electron chi connectivity index (χ4n) is 3.20. The van der Waals surface area contributed by atoms with Gasteiger partial charge in [-0.15, -0.1) is 0 Å². The molecule has 0 N–H and O–H groups in total. The largest absolute Gasteiger partial charge is 0.484 e. The van der Waals surface area contributed by atoms with Crippen molar-refractivity contribution >= 4 is 16.7 Å². The van der Waals surface area contributed by atoms with Crippen LogP contribution in [0.5, 0.6) is 17.5 Å². The summed E-state index contributed by atoms with van der Waals surface area (Å²) in [6.07, 6.45) is 3.67. The van der Waals surface area contributed by atoms with E-state index in [2.05, 4.69) is 9.97 Å². The van der Waals surface area contributed by atoms with Gasteiger partial charge < -0.3 is 19.1 Å². The fraction of sp³-hybridized carbons (Fsp3) is 0.286. The second kappa shape index (κ2) is 8.12. The molecule has 1 amide bonds. The number of amides is 1. The molecule has 0 bridgehead atoms. The zero-order chi connectivity index (χ0) is 19.3. The van der Waals surface area contributed by atoms with E-state index in [0.717, 1.165) is 17.2 Å². The van der Waals surface area contributed by atoms with Crippen LogP contribution in [0.2, 0.25) is 0 Å². The molecule has 1 saturated heterocycles. The number of carbonyl (C=O) groups excluding carboxylic acids is 1. The number of rotatable bonds is 6. The third-order valence-corrected chi connectivity index (χ3v) is 4.67. The Morgan fingerprint density at radius 2 is 1.96 bits per heavy atom. The smallest absolute Gasteiger partial charge is 0.260 e. The fourth-order valence-corrected chi connectivity index (χ4v) is 3.20. The molecule has 2 heterocycles. The second-order valence-corrected chi connectivity index (χ2v) is 6.57. The number of fused-ring (bicyclic) bond motifs is 1. The summed E-state index contributed by atoms with van der Waals surface area (Å²) in [7, 11) is 1.53. The summed E-state index contributed by atoms with van der Waals surface area (Å²) in [6, 6.07) is 13.9. The molecule has 0 saturated carbocycles. The SMILES string of the molecule is COc1cncc(OC2CCN(C(=O)COc3ccc4ccccc4c3)C2)n1. The van der Waals surface area contributed by atoms with Crippen LogP contribution in [0, 0.1) is 0 Å². The predicted molar refractivity (Wildman–Crippen MR) is 104 cm³/mol. The van der Waals surface area contributed by atoms with Crippen molar-refractivity contribution in [3.63, 3.8) is 0 Å². The van der Waals surface area contributed by atoms with Gasteiger partial charge in [-0.1, -0.05) is 30.3 Å². The van der Waals surface area contributed by atoms with E-state index in [1.807, 2.05) is 42.5 Å². The number of carbonyl (C=O) groups is 1. The van der Waals surface area contributed by atoms with Gasteiger partial charge in [0.15, 0.2) is 6.61 Å². The van der Waals surface area contributed by atoms with E-state index < -0.39 is 0 Å². The van der Waals surface area contributed by atoms with Crippen LogP contribution in [0.25, 0.3) is 10.8 Å². The maximum Gasteiger partial charge on any atom is 0.260 e. The Bertz CT molecular complexity index is 979. The molecule has 1 aliphatic heterocycles. The normalized spacial score (nSPS) is 16.2. The van der Waals surface area contributed by atoms with Crippen LogP contribution in [0.1, 0.15) is 6.42 Å². The average molecular weight is 379 g/mol. The van der Waals surface area contributed by atoms with Crippen molar-refractivity contribution < 1.29 is 19.0 Å². The summed E-state index contributed by atoms with van der Waals surface area (Å²) >= 11 is 0. The summed E-state index contributed by atoms with van der Waals surface area (Å²) in [5.41, 5.74) is 0. The van der Waals surface area contributed by atoms with Gasteiger partial charge in [0.1, 0.15) is 11.9 Å². The van der Waals surface area contributed by atoms with E-state index in [1.165, 1.54) is 19.5 Å². The highest BCUT2D eigenvalue weighted by atomic mass is 16.5. The molecule has 1 aliphatic rings. The first-order valence-corrected chi connectivity index (χ1v) is 9.13. The zero-order valence-corrected chi connectivity index (χ0v) is 15.6. The van der Waals surface area contributed by atoms with E-state index in [-0.39, 0.29) is 18.6 Å². The number of hydrogen-bond acceptors (Lipinski definition) is 6. The predicted octanol–water partition coefficient (Wildman–Crippen LogP) is 2.70. The summed E-state index contributed by atoms with van der Waals surface area (Å²) < 4.78 is 16.6. The van der Waals surface area contributed by atoms with E-state index >= 15 is 0 Å². The number of aromatic nitrogens is 2. The molecule has 1 aromatic heterocycles. The number of likely N-dealkylation sites (tertiary alicyclic amines) is 1. The lowest BCUT2D eigenvalue weighted by molar-refractivity contribution is -0.132. The lowest BCUT2D eigenvalue weighted by atomic mass is 10.1. The maximum atomic E-state index is 12.5. The quantitative estimate of drug-likeness (QED) is 0.656. The van der Waals surface area contributed by atoms with Gasteiger partial charge in [0, 0.05) is 13.0 Å². The van der Waals surface area contributed by atoms with Crippen molar-refractivity contribution in [2.24, 2.45) is 0 Å². The molecule has 0 aliphatic carbocycles. The van der Waals surface area contributed by atoms with Gasteiger partial charge in [0.05, 0.1) is 26.0 Å². The number of methoxy groups -OCH3 is 1. The Morgan fingerprint density at radius 3 is 2.82 bits per heavy atom. The summed E-state index contributed by atoms with van der Waals surface area (Å²) in [4.78, 5) is 22.4. The summed E-state index contributed by atoms with van der Waals surface area (Å²) in [5.74, 6) is 1.42. The topological polar surface area (TPSA) is 73.8 Å². The zero-order valence-electron chi connectivity index (χ0n) is 15.6. The molecule has 7 nitrogen and oxygen atoms in total. The number of hydrogen-bond donors (Lipinski definition) is 0. The van der Waals surface area contributed by atoms with Gasteiger partial charge in [-0.3, -0.25) is 9.78 Å². The summed E-state index contributed by atoms with van der Waals surface area (Å²) in [5, 5.41) is 2.22. The van der Waals surface area contributed by atoms with Crippen LogP contribution in [0.3, 0.4) is 0 Å². The van der Waals surface area contributed by atoms with Crippen LogP contribution in [-0.4, -0.2) is 53.7 Å². The van der Waals surface area contributed by atoms with E-state index in [9.17, 15) is 4.79 Å². The molecular formula is C21H21N3O4. The Kier molecular flexibility index (Phi) is 5.23. The van der Waals surface area contributed by atoms with Gasteiger partial charge >= 0.3 is 0 Å². The maximum absolute atomic E-state index is 12.5. The molecular weight excluding hydrogens is 358 g/mol. The van der Waals surface area contributed by atoms with Crippen molar-refractivity contribution in [3.8, 4) is 17.5 Å². The number of nitrogens with zero attached hydrogens (tertiary/aromatic N) is 3. The number of benzene rings is 2. The van der Waals surface area contributed by atoms with Crippen LogP contribution in [0.4, 0.5) is 0 Å². The standard InChI is InChI=1S/C21H21N3O4/c1-26-19-11-22-12-20(23-19)28-18-8-9-24(13-18)21(25)14-27-17-7-6-15-4-2-3-5-16(15)10-17/h2-7,10-12,18H,8-9,13-14H2,1H3. The van der Waals surface area contributed by atoms with E-state index in [0.29, 0.717) is 30.6 Å². The molecule has 1 unspecified atom stereocenters. The second-order valence-electron chi connectivity index (χ2n) is 6.57. The van der Waals surface area contributed by atoms with Crippen molar-refractivity contribution in [2.45, 2.75) is 12.5 Å². The first-order valence-electron chi connectivity index (χ1n) is 9.13. The Morgan fingerprint density at radius 1 is 1.14 bits per heavy atom. The minimum Gasteiger partial charge on any atom is -0.484 e. The van der Waals surface area contributed by atoms with Crippen LogP contribution in [0.15, 0.2) is 54.9 Å². The highest BCUT2D eigenvalue weighted by Crippen LogP contribution is 2.21. The first kappa shape index (κ1) is 18.0. The molecule has 0 spiro atoms. The van der Waals surface area contributed by atoms with Gasteiger partial charge in [0.2, 0.25) is 11.8 Å². The molecule has 3 aromatic rings. The lowest BCUT2D eigenvalue weighted by Crippen LogP contribution is -2.34. The Balaban J connectivity index is 1.30. The van der Waals surface area contributed by atoms with Crippen LogP contribution < -0.4 is 14.2 Å². The molecule has 2 aromatic carbocycles. The minimum absolute atomic E-state index is 0.00399. The molecule has 144 valence electrons. The van der Waals surface area contributed by atoms with Gasteiger partial charge in [-0.25, -0.2) is 0 Å². The minimum atomic E-state index is -0.119. The Labute approximate surface area is 162 Å². The molecule has 7 heteroatoms. The van der Waals surface area contributed by atoms with Gasteiger partial charge in [0.25, 0.3) is 5.91 Å². The van der Waals surface area contributed by atoms with Crippen molar-refractivity contribution in [2.75, 3.05) is 26.8 Å². The lowest BCUT2D eigenvalue weighted by Gasteiger charge is -2.17. The monoisotopic (exact) mass is 379 g/mol. The molecule has 1 atom stereocenters. The van der Waals surface area contributed by atoms with E-state index in [1.54, 1.807) is 4.90 Å². The van der Waals surface area contributed by atoms with Gasteiger partial charge in [-0.05, 0) is 22.9 Å². The van der Waals surface area contributed by atoms with Crippen LogP contribution in [-0.2, 0) is 4.79 Å². The summed E-state index contributed by atoms with van der Waals surface area (Å²) in [6.45, 7) is 1.13. The van der Waals surface area contributed by atoms with Crippen molar-refractivity contribution in [3.05, 3.63) is 54.9 Å². The third kappa shape index (κ3) is 4.14. The highest BCUT2D eigenvalue weighted by Gasteiger charge is 2.28. The number of ether oxygens (including phenoxy) is 3. The van der Waals surface area contributed by atoms with Crippen molar-refractivity contribution in [1.29, 1.82) is 0 Å². The average Bonchev–Trinajstić information content (AvgIpc) is 3.20. The van der Waals surface area contributed by atoms with Crippen molar-refractivity contribution in [1.82, 2.24) is 14.9 Å². The molecule has 1 fully saturated rings. The van der Waals surface area contributed by atoms with Crippen LogP contribution >= 0.6 is 0 Å². The molecule has 28 heavy (non-hydrogen) atoms.